The van der Waals surface area contributed by atoms with Crippen LogP contribution in [0.3, 0.4) is 0 Å². The standard InChI is InChI=1S/C14H25N3O3/c1-2-4-11(9-13(18)19)15-14(20)17-8-7-16-6-3-5-12(16)10-17/h11-12H,2-10H2,1H3,(H,15,20)(H,18,19). The van der Waals surface area contributed by atoms with Crippen LogP contribution in [0.2, 0.25) is 0 Å². The highest BCUT2D eigenvalue weighted by atomic mass is 16.4. The van der Waals surface area contributed by atoms with Crippen molar-refractivity contribution in [3.63, 3.8) is 0 Å². The number of hydrogen-bond acceptors (Lipinski definition) is 3. The van der Waals surface area contributed by atoms with Gasteiger partial charge in [0.1, 0.15) is 0 Å². The monoisotopic (exact) mass is 283 g/mol. The van der Waals surface area contributed by atoms with Gasteiger partial charge in [0, 0.05) is 31.7 Å². The van der Waals surface area contributed by atoms with Crippen molar-refractivity contribution in [2.75, 3.05) is 26.2 Å². The first kappa shape index (κ1) is 15.1. The van der Waals surface area contributed by atoms with Crippen LogP contribution in [0.4, 0.5) is 4.79 Å². The lowest BCUT2D eigenvalue weighted by Crippen LogP contribution is -2.56. The zero-order chi connectivity index (χ0) is 14.5. The summed E-state index contributed by atoms with van der Waals surface area (Å²) in [7, 11) is 0. The molecule has 0 radical (unpaired) electrons. The van der Waals surface area contributed by atoms with Gasteiger partial charge >= 0.3 is 12.0 Å². The average molecular weight is 283 g/mol. The molecule has 0 aromatic heterocycles. The van der Waals surface area contributed by atoms with E-state index in [1.54, 1.807) is 0 Å². The molecule has 2 aliphatic heterocycles. The fraction of sp³-hybridized carbons (Fsp3) is 0.857. The van der Waals surface area contributed by atoms with Gasteiger partial charge in [-0.15, -0.1) is 0 Å². The summed E-state index contributed by atoms with van der Waals surface area (Å²) in [6, 6.07) is 0.140. The molecule has 2 heterocycles. The molecule has 0 saturated carbocycles. The largest absolute Gasteiger partial charge is 0.481 e. The van der Waals surface area contributed by atoms with Gasteiger partial charge in [-0.2, -0.15) is 0 Å². The zero-order valence-electron chi connectivity index (χ0n) is 12.2. The van der Waals surface area contributed by atoms with Gasteiger partial charge < -0.3 is 15.3 Å². The molecule has 114 valence electrons. The van der Waals surface area contributed by atoms with E-state index in [-0.39, 0.29) is 18.5 Å². The van der Waals surface area contributed by atoms with Gasteiger partial charge in [0.05, 0.1) is 6.42 Å². The SMILES string of the molecule is CCCC(CC(=O)O)NC(=O)N1CCN2CCCC2C1. The maximum atomic E-state index is 12.3. The molecule has 6 heteroatoms. The van der Waals surface area contributed by atoms with Crippen molar-refractivity contribution in [1.82, 2.24) is 15.1 Å². The third-order valence-electron chi connectivity index (χ3n) is 4.26. The Kier molecular flexibility index (Phi) is 5.23. The van der Waals surface area contributed by atoms with Gasteiger partial charge in [-0.25, -0.2) is 4.79 Å². The average Bonchev–Trinajstić information content (AvgIpc) is 2.85. The summed E-state index contributed by atoms with van der Waals surface area (Å²) in [5.41, 5.74) is 0. The number of rotatable bonds is 5. The van der Waals surface area contributed by atoms with Crippen LogP contribution in [-0.2, 0) is 4.79 Å². The number of urea groups is 1. The summed E-state index contributed by atoms with van der Waals surface area (Å²) in [6.07, 6.45) is 3.97. The molecule has 2 amide bonds. The third-order valence-corrected chi connectivity index (χ3v) is 4.26. The van der Waals surface area contributed by atoms with Gasteiger partial charge in [0.15, 0.2) is 0 Å². The van der Waals surface area contributed by atoms with Crippen LogP contribution < -0.4 is 5.32 Å². The molecule has 0 spiro atoms. The van der Waals surface area contributed by atoms with Crippen LogP contribution in [0, 0.1) is 0 Å². The van der Waals surface area contributed by atoms with Crippen LogP contribution in [0.25, 0.3) is 0 Å². The lowest BCUT2D eigenvalue weighted by molar-refractivity contribution is -0.137. The van der Waals surface area contributed by atoms with E-state index in [9.17, 15) is 9.59 Å². The number of aliphatic carboxylic acids is 1. The van der Waals surface area contributed by atoms with E-state index < -0.39 is 5.97 Å². The molecule has 2 aliphatic rings. The fourth-order valence-electron chi connectivity index (χ4n) is 3.23. The second kappa shape index (κ2) is 6.92. The number of carboxylic acid groups (broad SMARTS) is 1. The maximum absolute atomic E-state index is 12.3. The quantitative estimate of drug-likeness (QED) is 0.793. The fourth-order valence-corrected chi connectivity index (χ4v) is 3.23. The van der Waals surface area contributed by atoms with Gasteiger partial charge in [-0.05, 0) is 25.8 Å². The summed E-state index contributed by atoms with van der Waals surface area (Å²) in [5.74, 6) is -0.857. The molecule has 0 aliphatic carbocycles. The van der Waals surface area contributed by atoms with Crippen LogP contribution in [0.1, 0.15) is 39.0 Å². The molecule has 2 unspecified atom stereocenters. The van der Waals surface area contributed by atoms with Crippen molar-refractivity contribution in [2.24, 2.45) is 0 Å². The van der Waals surface area contributed by atoms with Gasteiger partial charge in [-0.1, -0.05) is 13.3 Å². The molecule has 2 rings (SSSR count). The number of carbonyl (C=O) groups excluding carboxylic acids is 1. The second-order valence-corrected chi connectivity index (χ2v) is 5.81. The first-order chi connectivity index (χ1) is 9.60. The molecule has 0 bridgehead atoms. The lowest BCUT2D eigenvalue weighted by Gasteiger charge is -2.38. The van der Waals surface area contributed by atoms with Crippen molar-refractivity contribution in [1.29, 1.82) is 0 Å². The number of nitrogens with one attached hydrogen (secondary N) is 1. The number of piperazine rings is 1. The number of amides is 2. The summed E-state index contributed by atoms with van der Waals surface area (Å²) in [6.45, 7) is 5.61. The van der Waals surface area contributed by atoms with Crippen LogP contribution in [0.5, 0.6) is 0 Å². The predicted molar refractivity (Wildman–Crippen MR) is 75.6 cm³/mol. The van der Waals surface area contributed by atoms with Gasteiger partial charge in [-0.3, -0.25) is 9.69 Å². The first-order valence-corrected chi connectivity index (χ1v) is 7.61. The van der Waals surface area contributed by atoms with Crippen molar-refractivity contribution < 1.29 is 14.7 Å². The Morgan fingerprint density at radius 2 is 2.15 bits per heavy atom. The van der Waals surface area contributed by atoms with Crippen molar-refractivity contribution in [3.8, 4) is 0 Å². The van der Waals surface area contributed by atoms with E-state index in [1.165, 1.54) is 6.42 Å². The molecule has 0 aromatic rings. The zero-order valence-corrected chi connectivity index (χ0v) is 12.2. The molecule has 2 atom stereocenters. The topological polar surface area (TPSA) is 72.9 Å². The summed E-state index contributed by atoms with van der Waals surface area (Å²) >= 11 is 0. The van der Waals surface area contributed by atoms with Crippen molar-refractivity contribution in [3.05, 3.63) is 0 Å². The molecule has 0 aromatic carbocycles. The van der Waals surface area contributed by atoms with Gasteiger partial charge in [0.25, 0.3) is 0 Å². The van der Waals surface area contributed by atoms with E-state index in [0.717, 1.165) is 39.0 Å². The van der Waals surface area contributed by atoms with Crippen LogP contribution in [-0.4, -0.2) is 65.2 Å². The molecular formula is C14H25N3O3. The molecular weight excluding hydrogens is 258 g/mol. The van der Waals surface area contributed by atoms with E-state index in [0.29, 0.717) is 12.5 Å². The minimum atomic E-state index is -0.857. The summed E-state index contributed by atoms with van der Waals surface area (Å²) < 4.78 is 0. The number of nitrogens with zero attached hydrogens (tertiary/aromatic N) is 2. The first-order valence-electron chi connectivity index (χ1n) is 7.61. The number of fused-ring (bicyclic) bond motifs is 1. The smallest absolute Gasteiger partial charge is 0.317 e. The van der Waals surface area contributed by atoms with E-state index in [4.69, 9.17) is 5.11 Å². The normalized spacial score (nSPS) is 24.2. The Labute approximate surface area is 120 Å². The Hall–Kier alpha value is -1.30. The van der Waals surface area contributed by atoms with Crippen LogP contribution in [0.15, 0.2) is 0 Å². The molecule has 2 saturated heterocycles. The highest BCUT2D eigenvalue weighted by molar-refractivity contribution is 5.76. The molecule has 6 nitrogen and oxygen atoms in total. The maximum Gasteiger partial charge on any atom is 0.317 e. The van der Waals surface area contributed by atoms with E-state index in [2.05, 4.69) is 10.2 Å². The third kappa shape index (κ3) is 3.85. The Balaban J connectivity index is 1.84. The minimum absolute atomic E-state index is 0.00295. The van der Waals surface area contributed by atoms with E-state index >= 15 is 0 Å². The molecule has 2 N–H and O–H groups in total. The highest BCUT2D eigenvalue weighted by Gasteiger charge is 2.33. The van der Waals surface area contributed by atoms with Gasteiger partial charge in [0.2, 0.25) is 0 Å². The molecule has 20 heavy (non-hydrogen) atoms. The number of carbonyl (C=O) groups is 2. The highest BCUT2D eigenvalue weighted by Crippen LogP contribution is 2.21. The number of carboxylic acids is 1. The number of hydrogen-bond donors (Lipinski definition) is 2. The molecule has 2 fully saturated rings. The van der Waals surface area contributed by atoms with E-state index in [1.807, 2.05) is 11.8 Å². The Morgan fingerprint density at radius 1 is 1.35 bits per heavy atom. The summed E-state index contributed by atoms with van der Waals surface area (Å²) in [4.78, 5) is 27.4. The van der Waals surface area contributed by atoms with Crippen LogP contribution >= 0.6 is 0 Å². The lowest BCUT2D eigenvalue weighted by atomic mass is 10.1. The predicted octanol–water partition coefficient (Wildman–Crippen LogP) is 1.12. The Bertz CT molecular complexity index is 362. The van der Waals surface area contributed by atoms with Crippen molar-refractivity contribution in [2.45, 2.75) is 51.1 Å². The Morgan fingerprint density at radius 3 is 2.85 bits per heavy atom. The minimum Gasteiger partial charge on any atom is -0.481 e. The van der Waals surface area contributed by atoms with Crippen molar-refractivity contribution >= 4 is 12.0 Å². The summed E-state index contributed by atoms with van der Waals surface area (Å²) in [5, 5.41) is 11.8. The second-order valence-electron chi connectivity index (χ2n) is 5.81.